The highest BCUT2D eigenvalue weighted by atomic mass is 16.3. The first-order valence-electron chi connectivity index (χ1n) is 5.74. The molecule has 1 atom stereocenters. The van der Waals surface area contributed by atoms with Gasteiger partial charge in [0.15, 0.2) is 0 Å². The van der Waals surface area contributed by atoms with Crippen LogP contribution in [0.4, 0.5) is 0 Å². The van der Waals surface area contributed by atoms with E-state index in [0.717, 1.165) is 18.4 Å². The molecule has 1 aromatic carbocycles. The minimum absolute atomic E-state index is 0.237. The lowest BCUT2D eigenvalue weighted by Crippen LogP contribution is -2.29. The number of phenols is 1. The van der Waals surface area contributed by atoms with Crippen LogP contribution in [0.5, 0.6) is 5.75 Å². The van der Waals surface area contributed by atoms with Gasteiger partial charge < -0.3 is 5.11 Å². The second-order valence-corrected chi connectivity index (χ2v) is 4.30. The Hall–Kier alpha value is -1.53. The van der Waals surface area contributed by atoms with Crippen LogP contribution in [0.25, 0.3) is 0 Å². The molecule has 1 unspecified atom stereocenters. The van der Waals surface area contributed by atoms with Gasteiger partial charge in [-0.15, -0.1) is 0 Å². The minimum atomic E-state index is -0.260. The molecule has 3 heteroatoms. The number of nitriles is 1. The number of aromatic hydroxyl groups is 1. The van der Waals surface area contributed by atoms with Gasteiger partial charge in [0.25, 0.3) is 0 Å². The number of nitrogens with zero attached hydrogens (tertiary/aromatic N) is 1. The Bertz CT molecular complexity index is 374. The Morgan fingerprint density at radius 2 is 1.88 bits per heavy atom. The maximum atomic E-state index is 9.19. The quantitative estimate of drug-likeness (QED) is 0.816. The molecule has 0 aliphatic heterocycles. The van der Waals surface area contributed by atoms with E-state index in [4.69, 9.17) is 5.26 Å². The topological polar surface area (TPSA) is 56.0 Å². The summed E-state index contributed by atoms with van der Waals surface area (Å²) in [4.78, 5) is 0. The van der Waals surface area contributed by atoms with E-state index in [9.17, 15) is 5.11 Å². The predicted octanol–water partition coefficient (Wildman–Crippen LogP) is 2.49. The fourth-order valence-corrected chi connectivity index (χ4v) is 2.20. The third kappa shape index (κ3) is 2.53. The molecule has 3 nitrogen and oxygen atoms in total. The van der Waals surface area contributed by atoms with Crippen LogP contribution in [0.15, 0.2) is 24.3 Å². The van der Waals surface area contributed by atoms with Gasteiger partial charge in [-0.2, -0.15) is 5.26 Å². The molecule has 0 amide bonds. The molecule has 0 saturated heterocycles. The monoisotopic (exact) mass is 216 g/mol. The Morgan fingerprint density at radius 1 is 1.25 bits per heavy atom. The average molecular weight is 216 g/mol. The number of phenolic OH excluding ortho intramolecular Hbond substituents is 1. The Labute approximate surface area is 95.7 Å². The molecule has 1 fully saturated rings. The molecule has 2 rings (SSSR count). The lowest BCUT2D eigenvalue weighted by atomic mass is 10.1. The van der Waals surface area contributed by atoms with Crippen molar-refractivity contribution in [3.8, 4) is 11.8 Å². The van der Waals surface area contributed by atoms with Gasteiger partial charge in [-0.3, -0.25) is 5.32 Å². The molecule has 0 aromatic heterocycles. The summed E-state index contributed by atoms with van der Waals surface area (Å²) in [6.07, 6.45) is 4.84. The predicted molar refractivity (Wildman–Crippen MR) is 61.9 cm³/mol. The molecule has 0 heterocycles. The van der Waals surface area contributed by atoms with Crippen molar-refractivity contribution < 1.29 is 5.11 Å². The summed E-state index contributed by atoms with van der Waals surface area (Å²) >= 11 is 0. The standard InChI is InChI=1S/C13H16N2O/c14-9-13(15-11-3-1-2-4-11)10-5-7-12(16)8-6-10/h5-8,11,13,15-16H,1-4H2. The number of hydrogen-bond acceptors (Lipinski definition) is 3. The summed E-state index contributed by atoms with van der Waals surface area (Å²) in [5.41, 5.74) is 0.923. The van der Waals surface area contributed by atoms with Crippen molar-refractivity contribution >= 4 is 0 Å². The van der Waals surface area contributed by atoms with E-state index < -0.39 is 0 Å². The molecule has 16 heavy (non-hydrogen) atoms. The van der Waals surface area contributed by atoms with Gasteiger partial charge in [0, 0.05) is 6.04 Å². The molecule has 1 saturated carbocycles. The lowest BCUT2D eigenvalue weighted by Gasteiger charge is -2.17. The van der Waals surface area contributed by atoms with Crippen LogP contribution in [0.2, 0.25) is 0 Å². The Morgan fingerprint density at radius 3 is 2.44 bits per heavy atom. The van der Waals surface area contributed by atoms with E-state index in [-0.39, 0.29) is 11.8 Å². The first-order chi connectivity index (χ1) is 7.79. The van der Waals surface area contributed by atoms with E-state index in [1.807, 2.05) is 0 Å². The highest BCUT2D eigenvalue weighted by Crippen LogP contribution is 2.22. The molecule has 0 spiro atoms. The Kier molecular flexibility index (Phi) is 3.43. The van der Waals surface area contributed by atoms with E-state index in [0.29, 0.717) is 6.04 Å². The smallest absolute Gasteiger partial charge is 0.121 e. The summed E-state index contributed by atoms with van der Waals surface area (Å²) in [6, 6.07) is 9.32. The first-order valence-corrected chi connectivity index (χ1v) is 5.74. The van der Waals surface area contributed by atoms with E-state index in [1.54, 1.807) is 24.3 Å². The average Bonchev–Trinajstić information content (AvgIpc) is 2.80. The fourth-order valence-electron chi connectivity index (χ4n) is 2.20. The first kappa shape index (κ1) is 11.0. The number of hydrogen-bond donors (Lipinski definition) is 2. The van der Waals surface area contributed by atoms with Crippen LogP contribution in [-0.2, 0) is 0 Å². The largest absolute Gasteiger partial charge is 0.508 e. The highest BCUT2D eigenvalue weighted by molar-refractivity contribution is 5.30. The summed E-state index contributed by atoms with van der Waals surface area (Å²) in [6.45, 7) is 0. The molecule has 1 aliphatic carbocycles. The lowest BCUT2D eigenvalue weighted by molar-refractivity contribution is 0.472. The molecule has 84 valence electrons. The van der Waals surface area contributed by atoms with Crippen LogP contribution in [0.1, 0.15) is 37.3 Å². The summed E-state index contributed by atoms with van der Waals surface area (Å²) in [5.74, 6) is 0.237. The number of nitrogens with one attached hydrogen (secondary N) is 1. The van der Waals surface area contributed by atoms with Gasteiger partial charge in [-0.25, -0.2) is 0 Å². The maximum absolute atomic E-state index is 9.19. The van der Waals surface area contributed by atoms with Gasteiger partial charge in [0.05, 0.1) is 6.07 Å². The Balaban J connectivity index is 2.04. The summed E-state index contributed by atoms with van der Waals surface area (Å²) in [7, 11) is 0. The van der Waals surface area contributed by atoms with Crippen molar-refractivity contribution in [2.75, 3.05) is 0 Å². The van der Waals surface area contributed by atoms with Crippen LogP contribution < -0.4 is 5.32 Å². The zero-order chi connectivity index (χ0) is 11.4. The van der Waals surface area contributed by atoms with Crippen molar-refractivity contribution in [1.29, 1.82) is 5.26 Å². The van der Waals surface area contributed by atoms with Gasteiger partial charge >= 0.3 is 0 Å². The molecule has 0 bridgehead atoms. The van der Waals surface area contributed by atoms with Gasteiger partial charge in [0.1, 0.15) is 11.8 Å². The fraction of sp³-hybridized carbons (Fsp3) is 0.462. The van der Waals surface area contributed by atoms with Gasteiger partial charge in [0.2, 0.25) is 0 Å². The third-order valence-electron chi connectivity index (χ3n) is 3.11. The van der Waals surface area contributed by atoms with Crippen LogP contribution >= 0.6 is 0 Å². The third-order valence-corrected chi connectivity index (χ3v) is 3.11. The normalized spacial score (nSPS) is 18.2. The number of benzene rings is 1. The molecular weight excluding hydrogens is 200 g/mol. The zero-order valence-electron chi connectivity index (χ0n) is 9.19. The molecule has 1 aromatic rings. The molecule has 2 N–H and O–H groups in total. The van der Waals surface area contributed by atoms with E-state index in [1.165, 1.54) is 12.8 Å². The van der Waals surface area contributed by atoms with Gasteiger partial charge in [-0.1, -0.05) is 25.0 Å². The molecular formula is C13H16N2O. The second kappa shape index (κ2) is 5.00. The van der Waals surface area contributed by atoms with Crippen molar-refractivity contribution in [3.63, 3.8) is 0 Å². The van der Waals surface area contributed by atoms with Crippen molar-refractivity contribution in [2.45, 2.75) is 37.8 Å². The maximum Gasteiger partial charge on any atom is 0.121 e. The van der Waals surface area contributed by atoms with E-state index in [2.05, 4.69) is 11.4 Å². The van der Waals surface area contributed by atoms with Crippen molar-refractivity contribution in [1.82, 2.24) is 5.32 Å². The molecule has 0 radical (unpaired) electrons. The minimum Gasteiger partial charge on any atom is -0.508 e. The second-order valence-electron chi connectivity index (χ2n) is 4.30. The van der Waals surface area contributed by atoms with E-state index >= 15 is 0 Å². The van der Waals surface area contributed by atoms with Gasteiger partial charge in [-0.05, 0) is 30.5 Å². The highest BCUT2D eigenvalue weighted by Gasteiger charge is 2.19. The van der Waals surface area contributed by atoms with Crippen LogP contribution in [0, 0.1) is 11.3 Å². The van der Waals surface area contributed by atoms with Crippen molar-refractivity contribution in [3.05, 3.63) is 29.8 Å². The van der Waals surface area contributed by atoms with Crippen molar-refractivity contribution in [2.24, 2.45) is 0 Å². The summed E-state index contributed by atoms with van der Waals surface area (Å²) in [5, 5.41) is 21.7. The number of rotatable bonds is 3. The van der Waals surface area contributed by atoms with Crippen LogP contribution in [0.3, 0.4) is 0 Å². The summed E-state index contributed by atoms with van der Waals surface area (Å²) < 4.78 is 0. The molecule has 1 aliphatic rings. The zero-order valence-corrected chi connectivity index (χ0v) is 9.19. The van der Waals surface area contributed by atoms with Crippen LogP contribution in [-0.4, -0.2) is 11.1 Å². The SMILES string of the molecule is N#CC(NC1CCCC1)c1ccc(O)cc1.